The van der Waals surface area contributed by atoms with Gasteiger partial charge in [-0.15, -0.1) is 0 Å². The second kappa shape index (κ2) is 5.02. The van der Waals surface area contributed by atoms with E-state index >= 15 is 0 Å². The summed E-state index contributed by atoms with van der Waals surface area (Å²) in [5.74, 6) is 0.520. The van der Waals surface area contributed by atoms with Gasteiger partial charge < -0.3 is 10.5 Å². The summed E-state index contributed by atoms with van der Waals surface area (Å²) < 4.78 is 33.5. The molecule has 0 aromatic heterocycles. The predicted octanol–water partition coefficient (Wildman–Crippen LogP) is 1.42. The highest BCUT2D eigenvalue weighted by atomic mass is 32.2. The van der Waals surface area contributed by atoms with Crippen molar-refractivity contribution in [2.45, 2.75) is 43.2 Å². The molecule has 20 heavy (non-hydrogen) atoms. The number of nitrogens with two attached hydrogens (primary N) is 1. The predicted molar refractivity (Wildman–Crippen MR) is 76.8 cm³/mol. The first-order chi connectivity index (χ1) is 9.47. The smallest absolute Gasteiger partial charge is 0.241 e. The van der Waals surface area contributed by atoms with Gasteiger partial charge in [0, 0.05) is 12.3 Å². The summed E-state index contributed by atoms with van der Waals surface area (Å²) in [6, 6.07) is 4.83. The third-order valence-corrected chi connectivity index (χ3v) is 5.66. The van der Waals surface area contributed by atoms with Crippen LogP contribution in [0.4, 0.5) is 5.69 Å². The minimum absolute atomic E-state index is 0.0335. The number of nitrogens with one attached hydrogen (secondary N) is 1. The van der Waals surface area contributed by atoms with E-state index < -0.39 is 10.0 Å². The first-order valence-electron chi connectivity index (χ1n) is 6.97. The van der Waals surface area contributed by atoms with E-state index in [4.69, 9.17) is 10.5 Å². The van der Waals surface area contributed by atoms with Crippen LogP contribution in [-0.4, -0.2) is 27.2 Å². The lowest BCUT2D eigenvalue weighted by Crippen LogP contribution is -2.41. The average Bonchev–Trinajstić information content (AvgIpc) is 3.13. The van der Waals surface area contributed by atoms with Gasteiger partial charge in [-0.25, -0.2) is 13.1 Å². The topological polar surface area (TPSA) is 81.4 Å². The van der Waals surface area contributed by atoms with Crippen molar-refractivity contribution < 1.29 is 13.2 Å². The van der Waals surface area contributed by atoms with E-state index in [9.17, 15) is 8.42 Å². The Labute approximate surface area is 119 Å². The van der Waals surface area contributed by atoms with E-state index in [1.165, 1.54) is 6.07 Å². The molecule has 1 aliphatic carbocycles. The second-order valence-corrected chi connectivity index (χ2v) is 7.40. The molecule has 2 aliphatic rings. The fourth-order valence-corrected chi connectivity index (χ4v) is 4.36. The zero-order chi connectivity index (χ0) is 14.3. The van der Waals surface area contributed by atoms with Crippen LogP contribution in [0.25, 0.3) is 0 Å². The molecule has 1 aromatic carbocycles. The Kier molecular flexibility index (Phi) is 3.48. The lowest BCUT2D eigenvalue weighted by Gasteiger charge is -2.20. The van der Waals surface area contributed by atoms with Crippen molar-refractivity contribution in [1.29, 1.82) is 0 Å². The summed E-state index contributed by atoms with van der Waals surface area (Å²) in [4.78, 5) is 0.263. The molecule has 1 heterocycles. The van der Waals surface area contributed by atoms with Gasteiger partial charge in [0.25, 0.3) is 0 Å². The van der Waals surface area contributed by atoms with Gasteiger partial charge in [0.05, 0.1) is 17.0 Å². The van der Waals surface area contributed by atoms with Crippen LogP contribution in [0.15, 0.2) is 23.1 Å². The summed E-state index contributed by atoms with van der Waals surface area (Å²) in [6.45, 7) is 2.40. The van der Waals surface area contributed by atoms with E-state index in [1.807, 2.05) is 0 Å². The third kappa shape index (κ3) is 2.68. The van der Waals surface area contributed by atoms with Crippen LogP contribution in [0, 0.1) is 12.8 Å². The Morgan fingerprint density at radius 2 is 2.05 bits per heavy atom. The number of nitrogen functional groups attached to an aromatic ring is 1. The van der Waals surface area contributed by atoms with Crippen LogP contribution in [0.1, 0.15) is 24.8 Å². The number of benzene rings is 1. The van der Waals surface area contributed by atoms with Crippen molar-refractivity contribution in [2.75, 3.05) is 12.3 Å². The lowest BCUT2D eigenvalue weighted by atomic mass is 10.1. The Balaban J connectivity index is 1.83. The highest BCUT2D eigenvalue weighted by Gasteiger charge is 2.42. The number of hydrogen-bond acceptors (Lipinski definition) is 4. The molecule has 110 valence electrons. The van der Waals surface area contributed by atoms with E-state index in [0.717, 1.165) is 19.3 Å². The Hall–Kier alpha value is -1.11. The highest BCUT2D eigenvalue weighted by molar-refractivity contribution is 7.89. The first-order valence-corrected chi connectivity index (χ1v) is 8.46. The zero-order valence-corrected chi connectivity index (χ0v) is 12.3. The number of ether oxygens (including phenoxy) is 1. The van der Waals surface area contributed by atoms with Crippen molar-refractivity contribution in [1.82, 2.24) is 4.72 Å². The maximum absolute atomic E-state index is 12.5. The molecule has 1 saturated heterocycles. The van der Waals surface area contributed by atoms with E-state index in [0.29, 0.717) is 23.8 Å². The molecular formula is C14H20N2O3S. The molecule has 5 nitrogen and oxygen atoms in total. The van der Waals surface area contributed by atoms with E-state index in [-0.39, 0.29) is 17.0 Å². The molecule has 2 unspecified atom stereocenters. The zero-order valence-electron chi connectivity index (χ0n) is 11.5. The summed E-state index contributed by atoms with van der Waals surface area (Å²) >= 11 is 0. The molecule has 2 atom stereocenters. The minimum atomic E-state index is -3.55. The van der Waals surface area contributed by atoms with Gasteiger partial charge in [0.2, 0.25) is 10.0 Å². The summed E-state index contributed by atoms with van der Waals surface area (Å²) in [5.41, 5.74) is 6.86. The molecule has 0 bridgehead atoms. The molecule has 3 N–H and O–H groups in total. The minimum Gasteiger partial charge on any atom is -0.399 e. The quantitative estimate of drug-likeness (QED) is 0.823. The van der Waals surface area contributed by atoms with Gasteiger partial charge in [0.1, 0.15) is 0 Å². The van der Waals surface area contributed by atoms with E-state index in [2.05, 4.69) is 4.72 Å². The van der Waals surface area contributed by atoms with Crippen molar-refractivity contribution in [3.05, 3.63) is 23.8 Å². The molecule has 1 saturated carbocycles. The fourth-order valence-electron chi connectivity index (χ4n) is 2.80. The molecule has 0 spiro atoms. The highest BCUT2D eigenvalue weighted by Crippen LogP contribution is 2.39. The Morgan fingerprint density at radius 1 is 1.30 bits per heavy atom. The normalized spacial score (nSPS) is 26.9. The number of sulfonamides is 1. The first kappa shape index (κ1) is 13.9. The summed E-state index contributed by atoms with van der Waals surface area (Å²) in [5, 5.41) is 0. The van der Waals surface area contributed by atoms with Crippen molar-refractivity contribution in [2.24, 2.45) is 5.92 Å². The van der Waals surface area contributed by atoms with Crippen LogP contribution < -0.4 is 10.5 Å². The maximum Gasteiger partial charge on any atom is 0.241 e. The van der Waals surface area contributed by atoms with Gasteiger partial charge >= 0.3 is 0 Å². The molecule has 6 heteroatoms. The van der Waals surface area contributed by atoms with Crippen molar-refractivity contribution in [3.63, 3.8) is 0 Å². The average molecular weight is 296 g/mol. The molecule has 1 aromatic rings. The maximum atomic E-state index is 12.5. The fraction of sp³-hybridized carbons (Fsp3) is 0.571. The monoisotopic (exact) mass is 296 g/mol. The molecule has 0 radical (unpaired) electrons. The standard InChI is InChI=1S/C14H20N2O3S/c1-9-2-5-11(15)8-13(9)20(17,18)16-12-6-7-19-14(12)10-3-4-10/h2,5,8,10,12,14,16H,3-4,6-7,15H2,1H3. The van der Waals surface area contributed by atoms with Crippen LogP contribution in [0.3, 0.4) is 0 Å². The third-order valence-electron chi connectivity index (χ3n) is 4.03. The van der Waals surface area contributed by atoms with Gasteiger partial charge in [-0.05, 0) is 49.8 Å². The number of aryl methyl sites for hydroxylation is 1. The molecule has 0 amide bonds. The van der Waals surface area contributed by atoms with Crippen molar-refractivity contribution in [3.8, 4) is 0 Å². The van der Waals surface area contributed by atoms with Crippen LogP contribution >= 0.6 is 0 Å². The summed E-state index contributed by atoms with van der Waals surface area (Å²) in [7, 11) is -3.55. The van der Waals surface area contributed by atoms with Gasteiger partial charge in [-0.3, -0.25) is 0 Å². The lowest BCUT2D eigenvalue weighted by molar-refractivity contribution is 0.0848. The number of hydrogen-bond donors (Lipinski definition) is 2. The van der Waals surface area contributed by atoms with Crippen LogP contribution in [0.5, 0.6) is 0 Å². The SMILES string of the molecule is Cc1ccc(N)cc1S(=O)(=O)NC1CCOC1C1CC1. The van der Waals surface area contributed by atoms with E-state index in [1.54, 1.807) is 19.1 Å². The molecular weight excluding hydrogens is 276 g/mol. The molecule has 2 fully saturated rings. The van der Waals surface area contributed by atoms with Gasteiger partial charge in [-0.2, -0.15) is 0 Å². The van der Waals surface area contributed by atoms with Crippen LogP contribution in [0.2, 0.25) is 0 Å². The molecule has 3 rings (SSSR count). The molecule has 1 aliphatic heterocycles. The van der Waals surface area contributed by atoms with Gasteiger partial charge in [0.15, 0.2) is 0 Å². The Morgan fingerprint density at radius 3 is 2.75 bits per heavy atom. The summed E-state index contributed by atoms with van der Waals surface area (Å²) in [6.07, 6.45) is 3.05. The number of rotatable bonds is 4. The van der Waals surface area contributed by atoms with Gasteiger partial charge in [-0.1, -0.05) is 6.07 Å². The number of anilines is 1. The van der Waals surface area contributed by atoms with Crippen LogP contribution in [-0.2, 0) is 14.8 Å². The van der Waals surface area contributed by atoms with Crippen molar-refractivity contribution >= 4 is 15.7 Å². The second-order valence-electron chi connectivity index (χ2n) is 5.71. The Bertz CT molecular complexity index is 611. The largest absolute Gasteiger partial charge is 0.399 e.